The minimum Gasteiger partial charge on any atom is -0.488 e. The first-order valence-electron chi connectivity index (χ1n) is 18.6. The molecule has 2 aliphatic heterocycles. The fourth-order valence-electron chi connectivity index (χ4n) is 7.40. The average molecular weight is 707 g/mol. The second-order valence-electron chi connectivity index (χ2n) is 15.1. The molecule has 3 aliphatic rings. The SMILES string of the molecule is Cc1cc(C)c(C2=C(OCc3ccccc3)[C@]3(CC[C@H](OCCN4CCN(CCOCCOCC(=O)OC(C)(C)C)CC4)CC3)OC2=O)c(C)c1. The quantitative estimate of drug-likeness (QED) is 0.158. The van der Waals surface area contributed by atoms with E-state index in [1.54, 1.807) is 0 Å². The monoisotopic (exact) mass is 706 g/mol. The van der Waals surface area contributed by atoms with Crippen LogP contribution in [0.5, 0.6) is 0 Å². The normalized spacial score (nSPS) is 21.7. The van der Waals surface area contributed by atoms with Crippen LogP contribution in [0.1, 0.15) is 74.3 Å². The first-order chi connectivity index (χ1) is 24.4. The largest absolute Gasteiger partial charge is 0.488 e. The topological polar surface area (TPSA) is 96.0 Å². The van der Waals surface area contributed by atoms with Gasteiger partial charge in [-0.2, -0.15) is 0 Å². The van der Waals surface area contributed by atoms with Gasteiger partial charge in [0.15, 0.2) is 11.4 Å². The smallest absolute Gasteiger partial charge is 0.343 e. The molecule has 10 heteroatoms. The van der Waals surface area contributed by atoms with Crippen LogP contribution in [0.15, 0.2) is 48.2 Å². The van der Waals surface area contributed by atoms with Crippen molar-refractivity contribution in [2.24, 2.45) is 0 Å². The number of piperazine rings is 1. The molecule has 0 bridgehead atoms. The Balaban J connectivity index is 1.04. The van der Waals surface area contributed by atoms with E-state index in [0.717, 1.165) is 74.4 Å². The van der Waals surface area contributed by atoms with Crippen molar-refractivity contribution in [3.8, 4) is 0 Å². The Kier molecular flexibility index (Phi) is 13.7. The zero-order valence-electron chi connectivity index (χ0n) is 31.6. The zero-order valence-corrected chi connectivity index (χ0v) is 31.6. The molecule has 10 nitrogen and oxygen atoms in total. The molecule has 0 radical (unpaired) electrons. The van der Waals surface area contributed by atoms with Crippen molar-refractivity contribution in [2.45, 2.75) is 91.1 Å². The predicted octanol–water partition coefficient (Wildman–Crippen LogP) is 5.79. The lowest BCUT2D eigenvalue weighted by atomic mass is 9.80. The second kappa shape index (κ2) is 18.0. The molecule has 1 spiro atoms. The second-order valence-corrected chi connectivity index (χ2v) is 15.1. The highest BCUT2D eigenvalue weighted by Gasteiger charge is 2.52. The van der Waals surface area contributed by atoms with Gasteiger partial charge in [0, 0.05) is 39.3 Å². The van der Waals surface area contributed by atoms with Gasteiger partial charge in [-0.1, -0.05) is 48.0 Å². The fraction of sp³-hybridized carbons (Fsp3) is 0.610. The van der Waals surface area contributed by atoms with Crippen molar-refractivity contribution < 1.29 is 38.0 Å². The maximum atomic E-state index is 13.7. The van der Waals surface area contributed by atoms with Crippen LogP contribution in [-0.4, -0.2) is 111 Å². The summed E-state index contributed by atoms with van der Waals surface area (Å²) in [7, 11) is 0. The number of hydrogen-bond acceptors (Lipinski definition) is 10. The van der Waals surface area contributed by atoms with Crippen molar-refractivity contribution >= 4 is 17.5 Å². The Hall–Kier alpha value is -3.28. The Morgan fingerprint density at radius 3 is 2.10 bits per heavy atom. The maximum Gasteiger partial charge on any atom is 0.343 e. The highest BCUT2D eigenvalue weighted by Crippen LogP contribution is 2.48. The van der Waals surface area contributed by atoms with Crippen LogP contribution >= 0.6 is 0 Å². The number of nitrogens with zero attached hydrogens (tertiary/aromatic N) is 2. The molecule has 280 valence electrons. The highest BCUT2D eigenvalue weighted by molar-refractivity contribution is 6.20. The third-order valence-corrected chi connectivity index (χ3v) is 9.82. The molecule has 2 aromatic carbocycles. The van der Waals surface area contributed by atoms with E-state index in [0.29, 0.717) is 57.2 Å². The minimum atomic E-state index is -0.766. The molecule has 0 N–H and O–H groups in total. The molecule has 0 atom stereocenters. The molecule has 1 saturated carbocycles. The van der Waals surface area contributed by atoms with Crippen LogP contribution in [0.4, 0.5) is 0 Å². The van der Waals surface area contributed by atoms with Gasteiger partial charge in [-0.15, -0.1) is 0 Å². The lowest BCUT2D eigenvalue weighted by Gasteiger charge is -2.38. The minimum absolute atomic E-state index is 0.0550. The fourth-order valence-corrected chi connectivity index (χ4v) is 7.40. The van der Waals surface area contributed by atoms with Gasteiger partial charge in [-0.05, 0) is 89.5 Å². The summed E-state index contributed by atoms with van der Waals surface area (Å²) in [5.41, 5.74) is 4.58. The molecule has 2 fully saturated rings. The van der Waals surface area contributed by atoms with Gasteiger partial charge in [-0.25, -0.2) is 9.59 Å². The van der Waals surface area contributed by atoms with Gasteiger partial charge in [0.2, 0.25) is 0 Å². The molecular weight excluding hydrogens is 648 g/mol. The first-order valence-corrected chi connectivity index (χ1v) is 18.6. The van der Waals surface area contributed by atoms with E-state index in [1.807, 2.05) is 51.1 Å². The highest BCUT2D eigenvalue weighted by atomic mass is 16.6. The number of aryl methyl sites for hydroxylation is 3. The van der Waals surface area contributed by atoms with Gasteiger partial charge >= 0.3 is 11.9 Å². The van der Waals surface area contributed by atoms with Crippen molar-refractivity contribution in [3.63, 3.8) is 0 Å². The number of ether oxygens (including phenoxy) is 6. The third-order valence-electron chi connectivity index (χ3n) is 9.82. The predicted molar refractivity (Wildman–Crippen MR) is 196 cm³/mol. The molecule has 0 unspecified atom stereocenters. The van der Waals surface area contributed by atoms with E-state index < -0.39 is 11.2 Å². The van der Waals surface area contributed by atoms with E-state index in [2.05, 4.69) is 42.7 Å². The van der Waals surface area contributed by atoms with Gasteiger partial charge in [-0.3, -0.25) is 9.80 Å². The summed E-state index contributed by atoms with van der Waals surface area (Å²) < 4.78 is 35.6. The molecule has 0 aromatic heterocycles. The number of rotatable bonds is 16. The van der Waals surface area contributed by atoms with Crippen molar-refractivity contribution in [1.29, 1.82) is 0 Å². The van der Waals surface area contributed by atoms with Crippen LogP contribution < -0.4 is 0 Å². The van der Waals surface area contributed by atoms with E-state index in [4.69, 9.17) is 28.4 Å². The van der Waals surface area contributed by atoms with E-state index in [-0.39, 0.29) is 24.6 Å². The summed E-state index contributed by atoms with van der Waals surface area (Å²) in [6, 6.07) is 14.3. The van der Waals surface area contributed by atoms with Crippen molar-refractivity contribution in [3.05, 3.63) is 76.0 Å². The lowest BCUT2D eigenvalue weighted by molar-refractivity contribution is -0.160. The van der Waals surface area contributed by atoms with E-state index in [9.17, 15) is 9.59 Å². The molecular formula is C41H58N2O8. The molecule has 0 amide bonds. The number of carbonyl (C=O) groups excluding carboxylic acids is 2. The van der Waals surface area contributed by atoms with Crippen LogP contribution in [0.25, 0.3) is 5.57 Å². The zero-order chi connectivity index (χ0) is 36.4. The Bertz CT molecular complexity index is 1460. The van der Waals surface area contributed by atoms with Crippen LogP contribution in [0.2, 0.25) is 0 Å². The van der Waals surface area contributed by atoms with Crippen molar-refractivity contribution in [1.82, 2.24) is 9.80 Å². The first kappa shape index (κ1) is 38.9. The lowest BCUT2D eigenvalue weighted by Crippen LogP contribution is -2.48. The summed E-state index contributed by atoms with van der Waals surface area (Å²) in [4.78, 5) is 30.2. The van der Waals surface area contributed by atoms with E-state index >= 15 is 0 Å². The molecule has 1 aliphatic carbocycles. The standard InChI is InChI=1S/C41H58N2O8/c1-30-26-31(2)36(32(3)27-30)37-38(49-28-33-10-8-7-9-11-33)41(51-39(37)45)14-12-34(13-15-41)48-23-21-43-18-16-42(17-19-43)20-22-46-24-25-47-29-35(44)50-40(4,5)6/h7-11,26-27,34H,12-25,28-29H2,1-6H3/t34-,41+. The molecule has 51 heavy (non-hydrogen) atoms. The Labute approximate surface area is 304 Å². The average Bonchev–Trinajstić information content (AvgIpc) is 3.33. The Morgan fingerprint density at radius 2 is 1.47 bits per heavy atom. The molecule has 1 saturated heterocycles. The van der Waals surface area contributed by atoms with Gasteiger partial charge in [0.25, 0.3) is 0 Å². The maximum absolute atomic E-state index is 13.7. The molecule has 5 rings (SSSR count). The van der Waals surface area contributed by atoms with Gasteiger partial charge < -0.3 is 28.4 Å². The molecule has 2 heterocycles. The number of carbonyl (C=O) groups is 2. The number of benzene rings is 2. The van der Waals surface area contributed by atoms with Crippen LogP contribution in [-0.2, 0) is 44.6 Å². The van der Waals surface area contributed by atoms with E-state index in [1.165, 1.54) is 5.56 Å². The van der Waals surface area contributed by atoms with Crippen LogP contribution in [0.3, 0.4) is 0 Å². The van der Waals surface area contributed by atoms with Crippen molar-refractivity contribution in [2.75, 3.05) is 72.3 Å². The summed E-state index contributed by atoms with van der Waals surface area (Å²) in [5.74, 6) is 0.0329. The summed E-state index contributed by atoms with van der Waals surface area (Å²) in [5, 5.41) is 0. The summed E-state index contributed by atoms with van der Waals surface area (Å²) >= 11 is 0. The Morgan fingerprint density at radius 1 is 0.863 bits per heavy atom. The van der Waals surface area contributed by atoms with Gasteiger partial charge in [0.1, 0.15) is 24.4 Å². The summed E-state index contributed by atoms with van der Waals surface area (Å²) in [6.45, 7) is 20.0. The summed E-state index contributed by atoms with van der Waals surface area (Å²) in [6.07, 6.45) is 3.10. The number of esters is 2. The van der Waals surface area contributed by atoms with Gasteiger partial charge in [0.05, 0.1) is 32.5 Å². The number of hydrogen-bond donors (Lipinski definition) is 0. The third kappa shape index (κ3) is 11.1. The van der Waals surface area contributed by atoms with Crippen LogP contribution in [0, 0.1) is 20.8 Å². The molecule has 2 aromatic rings.